The molecule has 0 amide bonds. The summed E-state index contributed by atoms with van der Waals surface area (Å²) in [5.41, 5.74) is 4.78. The molecule has 0 saturated heterocycles. The second-order valence-corrected chi connectivity index (χ2v) is 8.85. The van der Waals surface area contributed by atoms with Crippen molar-refractivity contribution in [1.29, 1.82) is 0 Å². The van der Waals surface area contributed by atoms with Gasteiger partial charge in [0, 0.05) is 35.2 Å². The molecular formula is C22H27ClN6. The summed E-state index contributed by atoms with van der Waals surface area (Å²) in [5.74, 6) is 1.64. The Bertz CT molecular complexity index is 925. The molecule has 0 bridgehead atoms. The van der Waals surface area contributed by atoms with Crippen LogP contribution in [-0.2, 0) is 0 Å². The van der Waals surface area contributed by atoms with E-state index < -0.39 is 0 Å². The maximum atomic E-state index is 6.29. The van der Waals surface area contributed by atoms with E-state index in [2.05, 4.69) is 51.3 Å². The third-order valence-corrected chi connectivity index (χ3v) is 7.00. The number of nitrogens with zero attached hydrogens (tertiary/aromatic N) is 5. The zero-order valence-corrected chi connectivity index (χ0v) is 17.7. The van der Waals surface area contributed by atoms with Crippen LogP contribution in [0.2, 0.25) is 0 Å². The monoisotopic (exact) mass is 410 g/mol. The maximum absolute atomic E-state index is 6.29. The molecule has 3 heterocycles. The van der Waals surface area contributed by atoms with Gasteiger partial charge in [-0.1, -0.05) is 11.6 Å². The molecule has 0 radical (unpaired) electrons. The smallest absolute Gasteiger partial charge is 0.147 e. The first-order valence-corrected chi connectivity index (χ1v) is 10.9. The first-order chi connectivity index (χ1) is 14.1. The van der Waals surface area contributed by atoms with Crippen molar-refractivity contribution in [3.63, 3.8) is 0 Å². The van der Waals surface area contributed by atoms with Gasteiger partial charge in [-0.25, -0.2) is 5.01 Å². The largest absolute Gasteiger partial charge is 0.358 e. The highest BCUT2D eigenvalue weighted by molar-refractivity contribution is 6.29. The summed E-state index contributed by atoms with van der Waals surface area (Å²) in [6, 6.07) is 0.693. The number of hydrazone groups is 1. The number of nitrogens with one attached hydrogen (secondary N) is 1. The van der Waals surface area contributed by atoms with Gasteiger partial charge < -0.3 is 10.2 Å². The van der Waals surface area contributed by atoms with Crippen molar-refractivity contribution in [2.24, 2.45) is 5.10 Å². The van der Waals surface area contributed by atoms with Crippen molar-refractivity contribution in [3.05, 3.63) is 58.2 Å². The predicted molar refractivity (Wildman–Crippen MR) is 115 cm³/mol. The molecule has 29 heavy (non-hydrogen) atoms. The number of halogens is 1. The van der Waals surface area contributed by atoms with Gasteiger partial charge in [0.15, 0.2) is 0 Å². The fourth-order valence-corrected chi connectivity index (χ4v) is 5.27. The van der Waals surface area contributed by atoms with Crippen molar-refractivity contribution < 1.29 is 0 Å². The van der Waals surface area contributed by atoms with Gasteiger partial charge in [0.25, 0.3) is 0 Å². The molecule has 1 aromatic heterocycles. The zero-order valence-electron chi connectivity index (χ0n) is 17.0. The predicted octanol–water partition coefficient (Wildman–Crippen LogP) is 4.33. The van der Waals surface area contributed by atoms with Gasteiger partial charge in [0.1, 0.15) is 12.2 Å². The third kappa shape index (κ3) is 3.33. The Kier molecular flexibility index (Phi) is 4.82. The Morgan fingerprint density at radius 1 is 1.10 bits per heavy atom. The van der Waals surface area contributed by atoms with Crippen LogP contribution in [0.3, 0.4) is 0 Å². The molecule has 1 atom stereocenters. The molecule has 152 valence electrons. The van der Waals surface area contributed by atoms with Crippen LogP contribution in [0.15, 0.2) is 51.9 Å². The summed E-state index contributed by atoms with van der Waals surface area (Å²) >= 11 is 6.29. The summed E-state index contributed by atoms with van der Waals surface area (Å²) in [7, 11) is 0. The molecule has 5 rings (SSSR count). The number of fused-ring (bicyclic) bond motifs is 1. The molecule has 2 aliphatic heterocycles. The minimum Gasteiger partial charge on any atom is -0.358 e. The summed E-state index contributed by atoms with van der Waals surface area (Å²) in [4.78, 5) is 11.3. The number of rotatable bonds is 2. The Morgan fingerprint density at radius 2 is 1.90 bits per heavy atom. The van der Waals surface area contributed by atoms with Gasteiger partial charge in [0.05, 0.1) is 23.5 Å². The van der Waals surface area contributed by atoms with E-state index in [1.165, 1.54) is 11.3 Å². The zero-order chi connectivity index (χ0) is 20.0. The molecule has 1 N–H and O–H groups in total. The van der Waals surface area contributed by atoms with E-state index in [1.807, 2.05) is 12.5 Å². The van der Waals surface area contributed by atoms with Crippen molar-refractivity contribution in [3.8, 4) is 0 Å². The fourth-order valence-electron chi connectivity index (χ4n) is 5.07. The van der Waals surface area contributed by atoms with Crippen LogP contribution in [0, 0.1) is 6.92 Å². The van der Waals surface area contributed by atoms with Crippen molar-refractivity contribution in [1.82, 2.24) is 25.2 Å². The Morgan fingerprint density at radius 3 is 2.69 bits per heavy atom. The molecular weight excluding hydrogens is 384 g/mol. The first-order valence-electron chi connectivity index (χ1n) is 10.6. The van der Waals surface area contributed by atoms with Gasteiger partial charge in [-0.2, -0.15) is 5.10 Å². The van der Waals surface area contributed by atoms with E-state index in [0.717, 1.165) is 60.8 Å². The molecule has 7 heteroatoms. The number of aromatic nitrogens is 2. The Balaban J connectivity index is 1.31. The molecule has 0 spiro atoms. The van der Waals surface area contributed by atoms with Crippen LogP contribution in [0.4, 0.5) is 0 Å². The average Bonchev–Trinajstić information content (AvgIpc) is 3.11. The van der Waals surface area contributed by atoms with Crippen LogP contribution < -0.4 is 5.32 Å². The SMILES string of the molecule is Cc1nccnc1C1CCC(N2N=CN3C2=CNC2=C(CCC(Cl)=C2)C3C)CC1. The fraction of sp³-hybridized carbons (Fsp3) is 0.500. The van der Waals surface area contributed by atoms with Gasteiger partial charge >= 0.3 is 0 Å². The topological polar surface area (TPSA) is 56.7 Å². The lowest BCUT2D eigenvalue weighted by atomic mass is 9.83. The quantitative estimate of drug-likeness (QED) is 0.786. The molecule has 1 saturated carbocycles. The summed E-state index contributed by atoms with van der Waals surface area (Å²) in [6.07, 6.45) is 16.1. The molecule has 6 nitrogen and oxygen atoms in total. The van der Waals surface area contributed by atoms with Gasteiger partial charge in [-0.05, 0) is 64.0 Å². The van der Waals surface area contributed by atoms with E-state index in [4.69, 9.17) is 16.7 Å². The maximum Gasteiger partial charge on any atom is 0.147 e. The highest BCUT2D eigenvalue weighted by Crippen LogP contribution is 2.39. The van der Waals surface area contributed by atoms with Crippen LogP contribution >= 0.6 is 11.6 Å². The van der Waals surface area contributed by atoms with E-state index >= 15 is 0 Å². The van der Waals surface area contributed by atoms with E-state index in [0.29, 0.717) is 12.0 Å². The van der Waals surface area contributed by atoms with Crippen molar-refractivity contribution in [2.75, 3.05) is 0 Å². The average molecular weight is 411 g/mol. The van der Waals surface area contributed by atoms with E-state index in [9.17, 15) is 0 Å². The normalized spacial score (nSPS) is 29.0. The number of hydrogen-bond donors (Lipinski definition) is 1. The number of allylic oxidation sites excluding steroid dienone is 2. The third-order valence-electron chi connectivity index (χ3n) is 6.71. The minimum atomic E-state index is 0.277. The van der Waals surface area contributed by atoms with Crippen molar-refractivity contribution >= 4 is 17.9 Å². The number of aryl methyl sites for hydroxylation is 1. The Labute approximate surface area is 177 Å². The summed E-state index contributed by atoms with van der Waals surface area (Å²) < 4.78 is 0. The summed E-state index contributed by atoms with van der Waals surface area (Å²) in [5, 5.41) is 11.4. The van der Waals surface area contributed by atoms with Crippen LogP contribution in [0.25, 0.3) is 0 Å². The Hall–Kier alpha value is -2.34. The van der Waals surface area contributed by atoms with Crippen molar-refractivity contribution in [2.45, 2.75) is 70.4 Å². The van der Waals surface area contributed by atoms with Crippen LogP contribution in [-0.4, -0.2) is 38.3 Å². The lowest BCUT2D eigenvalue weighted by Crippen LogP contribution is -2.38. The van der Waals surface area contributed by atoms with Crippen LogP contribution in [0.5, 0.6) is 0 Å². The molecule has 4 aliphatic rings. The lowest BCUT2D eigenvalue weighted by molar-refractivity contribution is 0.176. The highest BCUT2D eigenvalue weighted by atomic mass is 35.5. The van der Waals surface area contributed by atoms with E-state index in [1.54, 1.807) is 6.20 Å². The number of hydrogen-bond acceptors (Lipinski definition) is 6. The summed E-state index contributed by atoms with van der Waals surface area (Å²) in [6.45, 7) is 4.32. The lowest BCUT2D eigenvalue weighted by Gasteiger charge is -2.36. The molecule has 2 aliphatic carbocycles. The first kappa shape index (κ1) is 18.7. The van der Waals surface area contributed by atoms with E-state index in [-0.39, 0.29) is 6.04 Å². The molecule has 1 fully saturated rings. The molecule has 1 aromatic rings. The van der Waals surface area contributed by atoms with Gasteiger partial charge in [-0.3, -0.25) is 9.97 Å². The second-order valence-electron chi connectivity index (χ2n) is 8.37. The molecule has 0 aromatic carbocycles. The van der Waals surface area contributed by atoms with Gasteiger partial charge in [0.2, 0.25) is 0 Å². The van der Waals surface area contributed by atoms with Crippen LogP contribution in [0.1, 0.15) is 62.8 Å². The standard InChI is InChI=1S/C22H27ClN6/c1-14-22(25-10-9-24-14)16-3-6-18(7-4-16)29-21-12-26-20-11-17(23)5-8-19(20)15(2)28(21)13-27-29/h9-13,15-16,18,26H,3-8H2,1-2H3. The highest BCUT2D eigenvalue weighted by Gasteiger charge is 2.37. The minimum absolute atomic E-state index is 0.277. The second kappa shape index (κ2) is 7.48. The van der Waals surface area contributed by atoms with Gasteiger partial charge in [-0.15, -0.1) is 0 Å². The molecule has 1 unspecified atom stereocenters.